The van der Waals surface area contributed by atoms with Crippen molar-refractivity contribution in [3.8, 4) is 6.07 Å². The number of aromatic nitrogens is 1. The van der Waals surface area contributed by atoms with Crippen molar-refractivity contribution in [2.75, 3.05) is 10.6 Å². The maximum atomic E-state index is 11.7. The van der Waals surface area contributed by atoms with Crippen LogP contribution in [0.4, 0.5) is 17.1 Å². The Kier molecular flexibility index (Phi) is 3.98. The zero-order valence-corrected chi connectivity index (χ0v) is 13.2. The Morgan fingerprint density at radius 3 is 2.48 bits per heavy atom. The molecule has 1 aromatic heterocycles. The van der Waals surface area contributed by atoms with E-state index in [0.29, 0.717) is 11.3 Å². The first kappa shape index (κ1) is 15.0. The number of benzene rings is 1. The number of pyridine rings is 1. The summed E-state index contributed by atoms with van der Waals surface area (Å²) in [6.07, 6.45) is 1.98. The summed E-state index contributed by atoms with van der Waals surface area (Å²) in [5, 5.41) is 15.4. The van der Waals surface area contributed by atoms with E-state index in [1.807, 2.05) is 44.2 Å². The number of nitrogens with one attached hydrogen (secondary N) is 2. The number of hydrogen-bond acceptors (Lipinski definition) is 4. The van der Waals surface area contributed by atoms with E-state index in [0.717, 1.165) is 35.6 Å². The van der Waals surface area contributed by atoms with Gasteiger partial charge in [-0.1, -0.05) is 0 Å². The van der Waals surface area contributed by atoms with Crippen LogP contribution in [0.25, 0.3) is 0 Å². The van der Waals surface area contributed by atoms with E-state index in [1.165, 1.54) is 0 Å². The SMILES string of the molecule is Cc1cc(Nc2ccc(NC(=O)C3CC3)cc2)c(C#N)c(C)n1. The molecule has 0 atom stereocenters. The topological polar surface area (TPSA) is 77.8 Å². The maximum Gasteiger partial charge on any atom is 0.227 e. The smallest absolute Gasteiger partial charge is 0.227 e. The molecule has 0 bridgehead atoms. The van der Waals surface area contributed by atoms with Gasteiger partial charge in [0, 0.05) is 23.0 Å². The van der Waals surface area contributed by atoms with Gasteiger partial charge in [-0.05, 0) is 57.0 Å². The second kappa shape index (κ2) is 6.09. The summed E-state index contributed by atoms with van der Waals surface area (Å²) >= 11 is 0. The molecule has 1 saturated carbocycles. The van der Waals surface area contributed by atoms with Gasteiger partial charge in [-0.15, -0.1) is 0 Å². The maximum absolute atomic E-state index is 11.7. The summed E-state index contributed by atoms with van der Waals surface area (Å²) in [4.78, 5) is 16.0. The van der Waals surface area contributed by atoms with Crippen molar-refractivity contribution in [1.82, 2.24) is 4.98 Å². The van der Waals surface area contributed by atoms with E-state index >= 15 is 0 Å². The third kappa shape index (κ3) is 3.49. The number of rotatable bonds is 4. The van der Waals surface area contributed by atoms with Gasteiger partial charge in [-0.25, -0.2) is 0 Å². The fourth-order valence-electron chi connectivity index (χ4n) is 2.45. The summed E-state index contributed by atoms with van der Waals surface area (Å²) in [6, 6.07) is 11.5. The lowest BCUT2D eigenvalue weighted by atomic mass is 10.1. The van der Waals surface area contributed by atoms with Crippen LogP contribution < -0.4 is 10.6 Å². The Hall–Kier alpha value is -2.87. The first-order valence-electron chi connectivity index (χ1n) is 7.63. The van der Waals surface area contributed by atoms with Crippen LogP contribution in [0.2, 0.25) is 0 Å². The minimum atomic E-state index is 0.0952. The second-order valence-electron chi connectivity index (χ2n) is 5.85. The molecule has 5 heteroatoms. The van der Waals surface area contributed by atoms with Crippen molar-refractivity contribution < 1.29 is 4.79 Å². The van der Waals surface area contributed by atoms with Crippen LogP contribution in [0.5, 0.6) is 0 Å². The fourth-order valence-corrected chi connectivity index (χ4v) is 2.45. The molecule has 23 heavy (non-hydrogen) atoms. The monoisotopic (exact) mass is 306 g/mol. The van der Waals surface area contributed by atoms with Crippen molar-refractivity contribution in [3.05, 3.63) is 47.3 Å². The number of carbonyl (C=O) groups excluding carboxylic acids is 1. The fraction of sp³-hybridized carbons (Fsp3) is 0.278. The molecule has 2 N–H and O–H groups in total. The van der Waals surface area contributed by atoms with E-state index in [2.05, 4.69) is 21.7 Å². The van der Waals surface area contributed by atoms with Crippen LogP contribution in [0.3, 0.4) is 0 Å². The quantitative estimate of drug-likeness (QED) is 0.903. The molecule has 2 aromatic rings. The summed E-state index contributed by atoms with van der Waals surface area (Å²) in [5.74, 6) is 0.284. The minimum absolute atomic E-state index is 0.0952. The van der Waals surface area contributed by atoms with Crippen LogP contribution in [0.15, 0.2) is 30.3 Å². The lowest BCUT2D eigenvalue weighted by Crippen LogP contribution is -2.13. The van der Waals surface area contributed by atoms with Gasteiger partial charge in [-0.2, -0.15) is 5.26 Å². The Morgan fingerprint density at radius 1 is 1.22 bits per heavy atom. The Labute approximate surface area is 135 Å². The third-order valence-corrected chi connectivity index (χ3v) is 3.82. The average molecular weight is 306 g/mol. The van der Waals surface area contributed by atoms with E-state index in [9.17, 15) is 10.1 Å². The molecule has 1 aromatic carbocycles. The molecule has 0 unspecified atom stereocenters. The normalized spacial score (nSPS) is 13.3. The first-order chi connectivity index (χ1) is 11.1. The largest absolute Gasteiger partial charge is 0.354 e. The minimum Gasteiger partial charge on any atom is -0.354 e. The van der Waals surface area contributed by atoms with Crippen LogP contribution in [-0.2, 0) is 4.79 Å². The zero-order chi connectivity index (χ0) is 16.4. The van der Waals surface area contributed by atoms with Crippen LogP contribution in [-0.4, -0.2) is 10.9 Å². The predicted molar refractivity (Wildman–Crippen MR) is 89.5 cm³/mol. The lowest BCUT2D eigenvalue weighted by Gasteiger charge is -2.12. The van der Waals surface area contributed by atoms with Crippen LogP contribution >= 0.6 is 0 Å². The molecule has 0 aliphatic heterocycles. The van der Waals surface area contributed by atoms with E-state index < -0.39 is 0 Å². The van der Waals surface area contributed by atoms with Gasteiger partial charge in [0.05, 0.1) is 16.9 Å². The van der Waals surface area contributed by atoms with E-state index in [-0.39, 0.29) is 11.8 Å². The number of carbonyl (C=O) groups is 1. The molecular weight excluding hydrogens is 288 g/mol. The second-order valence-corrected chi connectivity index (χ2v) is 5.85. The van der Waals surface area contributed by atoms with E-state index in [4.69, 9.17) is 0 Å². The van der Waals surface area contributed by atoms with E-state index in [1.54, 1.807) is 0 Å². The zero-order valence-electron chi connectivity index (χ0n) is 13.2. The van der Waals surface area contributed by atoms with Gasteiger partial charge in [0.1, 0.15) is 6.07 Å². The molecular formula is C18H18N4O. The van der Waals surface area contributed by atoms with Crippen LogP contribution in [0, 0.1) is 31.1 Å². The third-order valence-electron chi connectivity index (χ3n) is 3.82. The standard InChI is InChI=1S/C18H18N4O/c1-11-9-17(16(10-19)12(2)20-11)21-14-5-7-15(8-6-14)22-18(23)13-3-4-13/h5-9,13H,3-4H2,1-2H3,(H,20,21)(H,22,23). The highest BCUT2D eigenvalue weighted by molar-refractivity contribution is 5.94. The first-order valence-corrected chi connectivity index (χ1v) is 7.63. The number of nitriles is 1. The molecule has 1 fully saturated rings. The molecule has 0 radical (unpaired) electrons. The molecule has 1 amide bonds. The molecule has 3 rings (SSSR count). The Balaban J connectivity index is 1.76. The highest BCUT2D eigenvalue weighted by Crippen LogP contribution is 2.30. The highest BCUT2D eigenvalue weighted by atomic mass is 16.2. The molecule has 0 saturated heterocycles. The van der Waals surface area contributed by atoms with Crippen LogP contribution in [0.1, 0.15) is 29.8 Å². The van der Waals surface area contributed by atoms with Gasteiger partial charge < -0.3 is 10.6 Å². The molecule has 1 aliphatic carbocycles. The highest BCUT2D eigenvalue weighted by Gasteiger charge is 2.29. The lowest BCUT2D eigenvalue weighted by molar-refractivity contribution is -0.117. The Morgan fingerprint density at radius 2 is 1.87 bits per heavy atom. The van der Waals surface area contributed by atoms with Crippen molar-refractivity contribution in [2.24, 2.45) is 5.92 Å². The van der Waals surface area contributed by atoms with Gasteiger partial charge in [0.15, 0.2) is 0 Å². The molecule has 116 valence electrons. The van der Waals surface area contributed by atoms with Gasteiger partial charge in [-0.3, -0.25) is 9.78 Å². The number of anilines is 3. The predicted octanol–water partition coefficient (Wildman–Crippen LogP) is 3.66. The molecule has 1 heterocycles. The van der Waals surface area contributed by atoms with Crippen molar-refractivity contribution in [2.45, 2.75) is 26.7 Å². The van der Waals surface area contributed by atoms with Crippen molar-refractivity contribution in [3.63, 3.8) is 0 Å². The number of amides is 1. The average Bonchev–Trinajstić information content (AvgIpc) is 3.33. The van der Waals surface area contributed by atoms with Gasteiger partial charge >= 0.3 is 0 Å². The molecule has 1 aliphatic rings. The number of hydrogen-bond donors (Lipinski definition) is 2. The number of nitrogens with zero attached hydrogens (tertiary/aromatic N) is 2. The summed E-state index contributed by atoms with van der Waals surface area (Å²) < 4.78 is 0. The van der Waals surface area contributed by atoms with Crippen molar-refractivity contribution in [1.29, 1.82) is 5.26 Å². The molecule has 0 spiro atoms. The Bertz CT molecular complexity index is 786. The van der Waals surface area contributed by atoms with Crippen molar-refractivity contribution >= 4 is 23.0 Å². The van der Waals surface area contributed by atoms with Gasteiger partial charge in [0.25, 0.3) is 0 Å². The summed E-state index contributed by atoms with van der Waals surface area (Å²) in [6.45, 7) is 3.73. The number of aryl methyl sites for hydroxylation is 2. The summed E-state index contributed by atoms with van der Waals surface area (Å²) in [5.41, 5.74) is 4.50. The molecule has 5 nitrogen and oxygen atoms in total. The van der Waals surface area contributed by atoms with Gasteiger partial charge in [0.2, 0.25) is 5.91 Å². The summed E-state index contributed by atoms with van der Waals surface area (Å²) in [7, 11) is 0.